The van der Waals surface area contributed by atoms with Gasteiger partial charge in [0.05, 0.1) is 0 Å². The first-order chi connectivity index (χ1) is 8.69. The van der Waals surface area contributed by atoms with Gasteiger partial charge in [-0.25, -0.2) is 0 Å². The molecule has 0 spiro atoms. The maximum atomic E-state index is 11.6. The van der Waals surface area contributed by atoms with Crippen LogP contribution in [-0.2, 0) is 0 Å². The summed E-state index contributed by atoms with van der Waals surface area (Å²) in [6.45, 7) is 0. The number of nitrogens with zero attached hydrogens (tertiary/aromatic N) is 2. The molecule has 2 rings (SSSR count). The van der Waals surface area contributed by atoms with E-state index in [2.05, 4.69) is 15.2 Å². The molecule has 0 saturated heterocycles. The van der Waals surface area contributed by atoms with Gasteiger partial charge in [-0.1, -0.05) is 41.6 Å². The molecule has 0 amide bonds. The second kappa shape index (κ2) is 5.84. The van der Waals surface area contributed by atoms with Crippen LogP contribution in [0.4, 0.5) is 0 Å². The molecule has 0 saturated carbocycles. The van der Waals surface area contributed by atoms with Gasteiger partial charge in [-0.2, -0.15) is 0 Å². The van der Waals surface area contributed by atoms with Crippen molar-refractivity contribution in [3.8, 4) is 0 Å². The second-order valence-corrected chi connectivity index (χ2v) is 4.66. The van der Waals surface area contributed by atoms with E-state index >= 15 is 0 Å². The molecule has 1 heterocycles. The number of aromatic amines is 1. The Hall–Kier alpha value is -1.59. The minimum atomic E-state index is -0.250. The monoisotopic (exact) mass is 279 g/mol. The van der Waals surface area contributed by atoms with Gasteiger partial charge >= 0.3 is 0 Å². The van der Waals surface area contributed by atoms with Crippen LogP contribution in [0.25, 0.3) is 12.2 Å². The van der Waals surface area contributed by atoms with Gasteiger partial charge in [-0.3, -0.25) is 9.78 Å². The Morgan fingerprint density at radius 3 is 2.56 bits per heavy atom. The number of halogens is 1. The van der Waals surface area contributed by atoms with Crippen molar-refractivity contribution in [2.24, 2.45) is 0 Å². The molecule has 4 nitrogen and oxygen atoms in total. The predicted octanol–water partition coefficient (Wildman–Crippen LogP) is 2.71. The molecular weight excluding hydrogens is 270 g/mol. The fraction of sp³-hybridized carbons (Fsp3) is 0.0833. The van der Waals surface area contributed by atoms with Crippen molar-refractivity contribution in [1.29, 1.82) is 0 Å². The molecule has 0 radical (unpaired) electrons. The molecule has 2 aromatic rings. The van der Waals surface area contributed by atoms with Crippen LogP contribution in [-0.4, -0.2) is 21.4 Å². The minimum absolute atomic E-state index is 0.250. The van der Waals surface area contributed by atoms with Gasteiger partial charge in [0.1, 0.15) is 0 Å². The summed E-state index contributed by atoms with van der Waals surface area (Å²) in [6, 6.07) is 7.29. The third-order valence-electron chi connectivity index (χ3n) is 2.20. The average molecular weight is 280 g/mol. The molecular formula is C12H10ClN3OS. The van der Waals surface area contributed by atoms with Crippen molar-refractivity contribution >= 4 is 35.5 Å². The van der Waals surface area contributed by atoms with Gasteiger partial charge in [-0.15, -0.1) is 10.2 Å². The maximum absolute atomic E-state index is 11.6. The number of rotatable bonds is 3. The topological polar surface area (TPSA) is 58.6 Å². The van der Waals surface area contributed by atoms with Crippen molar-refractivity contribution in [3.63, 3.8) is 0 Å². The van der Waals surface area contributed by atoms with Crippen LogP contribution >= 0.6 is 23.4 Å². The van der Waals surface area contributed by atoms with E-state index in [4.69, 9.17) is 11.6 Å². The summed E-state index contributed by atoms with van der Waals surface area (Å²) in [4.78, 5) is 14.3. The number of nitrogens with one attached hydrogen (secondary N) is 1. The summed E-state index contributed by atoms with van der Waals surface area (Å²) in [5.41, 5.74) is 0.969. The normalized spacial score (nSPS) is 11.0. The highest BCUT2D eigenvalue weighted by atomic mass is 35.5. The zero-order chi connectivity index (χ0) is 13.0. The van der Waals surface area contributed by atoms with Crippen LogP contribution in [0.5, 0.6) is 0 Å². The van der Waals surface area contributed by atoms with Gasteiger partial charge < -0.3 is 0 Å². The first kappa shape index (κ1) is 12.9. The summed E-state index contributed by atoms with van der Waals surface area (Å²) in [5, 5.41) is 8.90. The Bertz CT molecular complexity index is 622. The van der Waals surface area contributed by atoms with E-state index in [-0.39, 0.29) is 11.3 Å². The Labute approximate surface area is 113 Å². The molecule has 0 fully saturated rings. The van der Waals surface area contributed by atoms with E-state index in [0.717, 1.165) is 5.56 Å². The number of thioether (sulfide) groups is 1. The Morgan fingerprint density at radius 1 is 1.22 bits per heavy atom. The highest BCUT2D eigenvalue weighted by Gasteiger charge is 2.00. The van der Waals surface area contributed by atoms with Crippen LogP contribution in [0.15, 0.2) is 34.2 Å². The third-order valence-corrected chi connectivity index (χ3v) is 3.02. The summed E-state index contributed by atoms with van der Waals surface area (Å²) in [6.07, 6.45) is 5.23. The van der Waals surface area contributed by atoms with Crippen molar-refractivity contribution < 1.29 is 0 Å². The molecule has 0 aliphatic rings. The molecule has 6 heteroatoms. The molecule has 18 heavy (non-hydrogen) atoms. The standard InChI is InChI=1S/C12H10ClN3OS/c1-18-12-14-11(17)10(15-16-12)7-4-8-2-5-9(13)6-3-8/h2-7H,1H3,(H,14,16,17)/b7-4+. The highest BCUT2D eigenvalue weighted by Crippen LogP contribution is 2.11. The molecule has 1 aromatic heterocycles. The van der Waals surface area contributed by atoms with E-state index in [1.165, 1.54) is 11.8 Å². The number of hydrogen-bond acceptors (Lipinski definition) is 4. The van der Waals surface area contributed by atoms with Gasteiger partial charge in [0.15, 0.2) is 10.9 Å². The van der Waals surface area contributed by atoms with Gasteiger partial charge in [0, 0.05) is 5.02 Å². The predicted molar refractivity (Wildman–Crippen MR) is 74.8 cm³/mol. The van der Waals surface area contributed by atoms with E-state index in [1.807, 2.05) is 18.4 Å². The summed E-state index contributed by atoms with van der Waals surface area (Å²) < 4.78 is 0. The SMILES string of the molecule is CSc1nnc(/C=C/c2ccc(Cl)cc2)c(=O)[nH]1. The van der Waals surface area contributed by atoms with Crippen molar-refractivity contribution in [2.75, 3.05) is 6.26 Å². The molecule has 92 valence electrons. The molecule has 1 aromatic carbocycles. The number of aromatic nitrogens is 3. The smallest absolute Gasteiger partial charge is 0.277 e. The zero-order valence-corrected chi connectivity index (χ0v) is 11.1. The Kier molecular flexibility index (Phi) is 4.17. The van der Waals surface area contributed by atoms with Crippen molar-refractivity contribution in [3.05, 3.63) is 50.9 Å². The van der Waals surface area contributed by atoms with E-state index in [1.54, 1.807) is 24.3 Å². The van der Waals surface area contributed by atoms with E-state index < -0.39 is 0 Å². The maximum Gasteiger partial charge on any atom is 0.277 e. The fourth-order valence-corrected chi connectivity index (χ4v) is 1.72. The van der Waals surface area contributed by atoms with Gasteiger partial charge in [0.25, 0.3) is 5.56 Å². The van der Waals surface area contributed by atoms with Crippen LogP contribution in [0.3, 0.4) is 0 Å². The van der Waals surface area contributed by atoms with E-state index in [0.29, 0.717) is 10.2 Å². The third kappa shape index (κ3) is 3.21. The lowest BCUT2D eigenvalue weighted by molar-refractivity contribution is 0.811. The number of benzene rings is 1. The minimum Gasteiger partial charge on any atom is -0.298 e. The first-order valence-corrected chi connectivity index (χ1v) is 6.74. The van der Waals surface area contributed by atoms with E-state index in [9.17, 15) is 4.79 Å². The summed E-state index contributed by atoms with van der Waals surface area (Å²) >= 11 is 7.12. The van der Waals surface area contributed by atoms with Crippen LogP contribution in [0.1, 0.15) is 11.3 Å². The summed E-state index contributed by atoms with van der Waals surface area (Å²) in [5.74, 6) is 0. The fourth-order valence-electron chi connectivity index (χ4n) is 1.28. The lowest BCUT2D eigenvalue weighted by Crippen LogP contribution is -2.14. The summed E-state index contributed by atoms with van der Waals surface area (Å²) in [7, 11) is 0. The van der Waals surface area contributed by atoms with Crippen LogP contribution < -0.4 is 5.56 Å². The highest BCUT2D eigenvalue weighted by molar-refractivity contribution is 7.98. The molecule has 0 aliphatic carbocycles. The first-order valence-electron chi connectivity index (χ1n) is 5.13. The Morgan fingerprint density at radius 2 is 1.94 bits per heavy atom. The lowest BCUT2D eigenvalue weighted by Gasteiger charge is -1.95. The van der Waals surface area contributed by atoms with Crippen LogP contribution in [0.2, 0.25) is 5.02 Å². The average Bonchev–Trinajstić information content (AvgIpc) is 2.39. The quantitative estimate of drug-likeness (QED) is 0.878. The molecule has 0 atom stereocenters. The zero-order valence-electron chi connectivity index (χ0n) is 9.55. The second-order valence-electron chi connectivity index (χ2n) is 3.43. The molecule has 1 N–H and O–H groups in total. The molecule has 0 unspecified atom stereocenters. The van der Waals surface area contributed by atoms with Crippen LogP contribution in [0, 0.1) is 0 Å². The number of hydrogen-bond donors (Lipinski definition) is 1. The lowest BCUT2D eigenvalue weighted by atomic mass is 10.2. The Balaban J connectivity index is 2.23. The van der Waals surface area contributed by atoms with Crippen molar-refractivity contribution in [2.45, 2.75) is 5.16 Å². The largest absolute Gasteiger partial charge is 0.298 e. The number of H-pyrrole nitrogens is 1. The van der Waals surface area contributed by atoms with Gasteiger partial charge in [-0.05, 0) is 30.0 Å². The molecule has 0 bridgehead atoms. The van der Waals surface area contributed by atoms with Gasteiger partial charge in [0.2, 0.25) is 0 Å². The molecule has 0 aliphatic heterocycles. The van der Waals surface area contributed by atoms with Crippen molar-refractivity contribution in [1.82, 2.24) is 15.2 Å².